The number of pyridine rings is 1. The van der Waals surface area contributed by atoms with Crippen molar-refractivity contribution in [3.63, 3.8) is 0 Å². The topological polar surface area (TPSA) is 106 Å². The van der Waals surface area contributed by atoms with Gasteiger partial charge in [-0.25, -0.2) is 18.7 Å². The molecular formula is C26H21F5N6O. The average Bonchev–Trinajstić information content (AvgIpc) is 2.89. The van der Waals surface area contributed by atoms with Crippen LogP contribution in [-0.4, -0.2) is 20.9 Å². The summed E-state index contributed by atoms with van der Waals surface area (Å²) in [4.78, 5) is 25.0. The highest BCUT2D eigenvalue weighted by molar-refractivity contribution is 5.99. The molecule has 0 aliphatic rings. The Bertz CT molecular complexity index is 1440. The van der Waals surface area contributed by atoms with Crippen molar-refractivity contribution in [2.24, 2.45) is 0 Å². The van der Waals surface area contributed by atoms with E-state index in [4.69, 9.17) is 5.73 Å². The first kappa shape index (κ1) is 26.5. The predicted molar refractivity (Wildman–Crippen MR) is 131 cm³/mol. The molecule has 0 bridgehead atoms. The van der Waals surface area contributed by atoms with E-state index in [0.29, 0.717) is 18.0 Å². The van der Waals surface area contributed by atoms with Crippen molar-refractivity contribution in [3.8, 4) is 11.3 Å². The maximum Gasteiger partial charge on any atom is 0.417 e. The standard InChI is InChI=1S/C26H21F5N6O/c1-14(17-6-7-20(27)21(28)8-17)37-25(38)19-9-18(26(29,30)31)11-36-24(19)35-10-15-2-4-16(5-3-15)22-12-34-23(32)13-33-22/h2-9,11-14H,10H2,1H3,(H2,32,34)(H,35,36)(H,37,38). The Balaban J connectivity index is 1.53. The monoisotopic (exact) mass is 528 g/mol. The average molecular weight is 528 g/mol. The summed E-state index contributed by atoms with van der Waals surface area (Å²) < 4.78 is 66.9. The molecule has 1 unspecified atom stereocenters. The van der Waals surface area contributed by atoms with Gasteiger partial charge in [0, 0.05) is 18.3 Å². The summed E-state index contributed by atoms with van der Waals surface area (Å²) in [5.74, 6) is -2.84. The summed E-state index contributed by atoms with van der Waals surface area (Å²) in [6.07, 6.45) is -1.14. The smallest absolute Gasteiger partial charge is 0.382 e. The van der Waals surface area contributed by atoms with Crippen LogP contribution in [0.4, 0.5) is 33.6 Å². The largest absolute Gasteiger partial charge is 0.417 e. The molecule has 0 spiro atoms. The van der Waals surface area contributed by atoms with Crippen LogP contribution in [-0.2, 0) is 12.7 Å². The van der Waals surface area contributed by atoms with Gasteiger partial charge < -0.3 is 16.4 Å². The Morgan fingerprint density at radius 1 is 0.947 bits per heavy atom. The lowest BCUT2D eigenvalue weighted by molar-refractivity contribution is -0.137. The maximum atomic E-state index is 13.6. The molecule has 38 heavy (non-hydrogen) atoms. The Morgan fingerprint density at radius 2 is 1.68 bits per heavy atom. The van der Waals surface area contributed by atoms with Gasteiger partial charge in [-0.2, -0.15) is 13.2 Å². The van der Waals surface area contributed by atoms with Gasteiger partial charge in [-0.3, -0.25) is 9.78 Å². The summed E-state index contributed by atoms with van der Waals surface area (Å²) in [5.41, 5.74) is 6.45. The molecule has 2 heterocycles. The molecule has 7 nitrogen and oxygen atoms in total. The number of aromatic nitrogens is 3. The first-order valence-electron chi connectivity index (χ1n) is 11.2. The number of anilines is 2. The third-order valence-corrected chi connectivity index (χ3v) is 5.63. The van der Waals surface area contributed by atoms with E-state index in [1.54, 1.807) is 24.3 Å². The molecule has 196 valence electrons. The number of rotatable bonds is 7. The van der Waals surface area contributed by atoms with Crippen LogP contribution in [0.25, 0.3) is 11.3 Å². The molecule has 0 radical (unpaired) electrons. The second kappa shape index (κ2) is 10.8. The Hall–Kier alpha value is -4.61. The summed E-state index contributed by atoms with van der Waals surface area (Å²) in [7, 11) is 0. The number of nitrogen functional groups attached to an aromatic ring is 1. The van der Waals surface area contributed by atoms with Crippen LogP contribution in [0, 0.1) is 11.6 Å². The number of nitrogens with one attached hydrogen (secondary N) is 2. The number of alkyl halides is 3. The molecule has 4 aromatic rings. The molecule has 0 saturated carbocycles. The lowest BCUT2D eigenvalue weighted by atomic mass is 10.1. The number of nitrogens with two attached hydrogens (primary N) is 1. The van der Waals surface area contributed by atoms with Gasteiger partial charge in [0.1, 0.15) is 11.6 Å². The zero-order valence-electron chi connectivity index (χ0n) is 19.9. The van der Waals surface area contributed by atoms with E-state index in [9.17, 15) is 26.7 Å². The molecule has 4 rings (SSSR count). The number of benzene rings is 2. The quantitative estimate of drug-likeness (QED) is 0.273. The van der Waals surface area contributed by atoms with Crippen molar-refractivity contribution < 1.29 is 26.7 Å². The molecule has 0 aliphatic carbocycles. The van der Waals surface area contributed by atoms with E-state index in [1.807, 2.05) is 0 Å². The van der Waals surface area contributed by atoms with Crippen molar-refractivity contribution in [1.29, 1.82) is 0 Å². The third kappa shape index (κ3) is 6.20. The molecule has 2 aromatic heterocycles. The predicted octanol–water partition coefficient (Wildman–Crippen LogP) is 5.52. The first-order valence-corrected chi connectivity index (χ1v) is 11.2. The van der Waals surface area contributed by atoms with Gasteiger partial charge in [-0.15, -0.1) is 0 Å². The highest BCUT2D eigenvalue weighted by atomic mass is 19.4. The van der Waals surface area contributed by atoms with Crippen molar-refractivity contribution in [2.45, 2.75) is 25.7 Å². The number of carbonyl (C=O) groups excluding carboxylic acids is 1. The van der Waals surface area contributed by atoms with E-state index in [-0.39, 0.29) is 29.3 Å². The minimum absolute atomic E-state index is 0.0820. The lowest BCUT2D eigenvalue weighted by Gasteiger charge is -2.18. The van der Waals surface area contributed by atoms with E-state index in [0.717, 1.165) is 23.3 Å². The fourth-order valence-corrected chi connectivity index (χ4v) is 3.54. The second-order valence-corrected chi connectivity index (χ2v) is 8.36. The zero-order chi connectivity index (χ0) is 27.4. The summed E-state index contributed by atoms with van der Waals surface area (Å²) in [6, 6.07) is 10.1. The van der Waals surface area contributed by atoms with Gasteiger partial charge in [-0.05, 0) is 36.2 Å². The third-order valence-electron chi connectivity index (χ3n) is 5.63. The summed E-state index contributed by atoms with van der Waals surface area (Å²) in [6.45, 7) is 1.64. The number of amides is 1. The number of carbonyl (C=O) groups is 1. The molecule has 12 heteroatoms. The molecule has 4 N–H and O–H groups in total. The van der Waals surface area contributed by atoms with Gasteiger partial charge in [0.2, 0.25) is 0 Å². The Morgan fingerprint density at radius 3 is 2.32 bits per heavy atom. The fraction of sp³-hybridized carbons (Fsp3) is 0.154. The van der Waals surface area contributed by atoms with Gasteiger partial charge in [0.15, 0.2) is 11.6 Å². The van der Waals surface area contributed by atoms with Crippen LogP contribution in [0.15, 0.2) is 67.1 Å². The molecule has 0 fully saturated rings. The molecule has 0 aliphatic heterocycles. The van der Waals surface area contributed by atoms with Gasteiger partial charge in [0.25, 0.3) is 5.91 Å². The molecule has 2 aromatic carbocycles. The first-order chi connectivity index (χ1) is 18.0. The summed E-state index contributed by atoms with van der Waals surface area (Å²) in [5, 5.41) is 5.40. The van der Waals surface area contributed by atoms with Crippen molar-refractivity contribution in [2.75, 3.05) is 11.1 Å². The van der Waals surface area contributed by atoms with Crippen molar-refractivity contribution >= 4 is 17.5 Å². The SMILES string of the molecule is CC(NC(=O)c1cc(C(F)(F)F)cnc1NCc1ccc(-c2cnc(N)cn2)cc1)c1ccc(F)c(F)c1. The number of halogens is 5. The highest BCUT2D eigenvalue weighted by Gasteiger charge is 2.33. The summed E-state index contributed by atoms with van der Waals surface area (Å²) >= 11 is 0. The van der Waals surface area contributed by atoms with Crippen LogP contribution in [0.2, 0.25) is 0 Å². The van der Waals surface area contributed by atoms with Crippen LogP contribution in [0.5, 0.6) is 0 Å². The number of hydrogen-bond acceptors (Lipinski definition) is 6. The number of hydrogen-bond donors (Lipinski definition) is 3. The van der Waals surface area contributed by atoms with Gasteiger partial charge in [0.05, 0.1) is 35.3 Å². The van der Waals surface area contributed by atoms with Crippen LogP contribution in [0.3, 0.4) is 0 Å². The van der Waals surface area contributed by atoms with E-state index in [2.05, 4.69) is 25.6 Å². The van der Waals surface area contributed by atoms with Crippen LogP contribution in [0.1, 0.15) is 40.0 Å². The maximum absolute atomic E-state index is 13.6. The minimum Gasteiger partial charge on any atom is -0.382 e. The molecule has 1 amide bonds. The Labute approximate surface area is 214 Å². The highest BCUT2D eigenvalue weighted by Crippen LogP contribution is 2.31. The fourth-order valence-electron chi connectivity index (χ4n) is 3.54. The molecule has 1 atom stereocenters. The van der Waals surface area contributed by atoms with E-state index < -0.39 is 35.3 Å². The van der Waals surface area contributed by atoms with Crippen LogP contribution >= 0.6 is 0 Å². The van der Waals surface area contributed by atoms with E-state index >= 15 is 0 Å². The van der Waals surface area contributed by atoms with Gasteiger partial charge in [-0.1, -0.05) is 30.3 Å². The van der Waals surface area contributed by atoms with Gasteiger partial charge >= 0.3 is 6.18 Å². The normalized spacial score (nSPS) is 12.2. The lowest BCUT2D eigenvalue weighted by Crippen LogP contribution is -2.28. The molecule has 0 saturated heterocycles. The minimum atomic E-state index is -4.73. The number of nitrogens with zero attached hydrogens (tertiary/aromatic N) is 3. The van der Waals surface area contributed by atoms with Crippen molar-refractivity contribution in [1.82, 2.24) is 20.3 Å². The Kier molecular flexibility index (Phi) is 7.51. The van der Waals surface area contributed by atoms with E-state index in [1.165, 1.54) is 25.4 Å². The zero-order valence-corrected chi connectivity index (χ0v) is 19.9. The van der Waals surface area contributed by atoms with Crippen molar-refractivity contribution in [3.05, 3.63) is 101 Å². The second-order valence-electron chi connectivity index (χ2n) is 8.36. The molecular weight excluding hydrogens is 507 g/mol. The van der Waals surface area contributed by atoms with Crippen LogP contribution < -0.4 is 16.4 Å².